The van der Waals surface area contributed by atoms with Crippen LogP contribution in [0.15, 0.2) is 29.2 Å². The Bertz CT molecular complexity index is 758. The van der Waals surface area contributed by atoms with Crippen molar-refractivity contribution in [3.8, 4) is 11.5 Å². The van der Waals surface area contributed by atoms with Gasteiger partial charge in [-0.2, -0.15) is 0 Å². The first kappa shape index (κ1) is 12.9. The standard InChI is InChI=1S/C12H10N4O5/c17-11-8(5-13-12(14-11)15-16(18)19)3-7-1-2-9-10(4-7)21-6-20-9/h1-2,4-5H,3,6H2,(H2,13,14,15,17). The van der Waals surface area contributed by atoms with Crippen molar-refractivity contribution in [2.75, 3.05) is 12.2 Å². The molecule has 1 aliphatic heterocycles. The Labute approximate surface area is 117 Å². The largest absolute Gasteiger partial charge is 0.454 e. The fourth-order valence-electron chi connectivity index (χ4n) is 1.96. The molecule has 21 heavy (non-hydrogen) atoms. The predicted octanol–water partition coefficient (Wildman–Crippen LogP) is 0.693. The summed E-state index contributed by atoms with van der Waals surface area (Å²) in [5.74, 6) is 1.08. The smallest absolute Gasteiger partial charge is 0.265 e. The number of nitro groups is 1. The lowest BCUT2D eigenvalue weighted by molar-refractivity contribution is -0.446. The minimum Gasteiger partial charge on any atom is -0.454 e. The second-order valence-electron chi connectivity index (χ2n) is 4.32. The van der Waals surface area contributed by atoms with Gasteiger partial charge in [-0.05, 0) is 17.7 Å². The zero-order valence-corrected chi connectivity index (χ0v) is 10.7. The fraction of sp³-hybridized carbons (Fsp3) is 0.167. The van der Waals surface area contributed by atoms with Crippen molar-refractivity contribution in [2.45, 2.75) is 6.42 Å². The van der Waals surface area contributed by atoms with Crippen molar-refractivity contribution in [3.05, 3.63) is 56.0 Å². The summed E-state index contributed by atoms with van der Waals surface area (Å²) in [4.78, 5) is 28.2. The molecule has 9 nitrogen and oxygen atoms in total. The second-order valence-corrected chi connectivity index (χ2v) is 4.32. The maximum Gasteiger partial charge on any atom is 0.265 e. The van der Waals surface area contributed by atoms with E-state index in [9.17, 15) is 14.9 Å². The molecule has 1 aromatic carbocycles. The van der Waals surface area contributed by atoms with E-state index in [1.165, 1.54) is 6.20 Å². The van der Waals surface area contributed by atoms with Crippen LogP contribution >= 0.6 is 0 Å². The van der Waals surface area contributed by atoms with E-state index < -0.39 is 10.6 Å². The Morgan fingerprint density at radius 2 is 2.19 bits per heavy atom. The molecule has 0 saturated heterocycles. The van der Waals surface area contributed by atoms with Crippen LogP contribution in [-0.2, 0) is 6.42 Å². The molecule has 2 aromatic rings. The summed E-state index contributed by atoms with van der Waals surface area (Å²) in [5, 5.41) is 9.48. The monoisotopic (exact) mass is 290 g/mol. The van der Waals surface area contributed by atoms with Crippen LogP contribution in [0.3, 0.4) is 0 Å². The van der Waals surface area contributed by atoms with E-state index in [2.05, 4.69) is 9.97 Å². The van der Waals surface area contributed by atoms with Crippen LogP contribution in [0.2, 0.25) is 0 Å². The zero-order valence-electron chi connectivity index (χ0n) is 10.7. The molecule has 0 amide bonds. The highest BCUT2D eigenvalue weighted by molar-refractivity contribution is 5.45. The van der Waals surface area contributed by atoms with Gasteiger partial charge in [0, 0.05) is 18.2 Å². The number of nitrogens with one attached hydrogen (secondary N) is 2. The van der Waals surface area contributed by atoms with Gasteiger partial charge < -0.3 is 9.47 Å². The van der Waals surface area contributed by atoms with Gasteiger partial charge in [-0.3, -0.25) is 9.78 Å². The van der Waals surface area contributed by atoms with Crippen molar-refractivity contribution in [1.82, 2.24) is 9.97 Å². The Kier molecular flexibility index (Phi) is 3.14. The van der Waals surface area contributed by atoms with Crippen LogP contribution in [0, 0.1) is 10.1 Å². The molecule has 2 heterocycles. The summed E-state index contributed by atoms with van der Waals surface area (Å²) in [6.07, 6.45) is 1.63. The maximum atomic E-state index is 11.8. The summed E-state index contributed by atoms with van der Waals surface area (Å²) in [6, 6.07) is 5.36. The highest BCUT2D eigenvalue weighted by Gasteiger charge is 2.14. The number of H-pyrrole nitrogens is 1. The minimum atomic E-state index is -0.796. The number of nitrogens with zero attached hydrogens (tertiary/aromatic N) is 2. The number of anilines is 1. The lowest BCUT2D eigenvalue weighted by atomic mass is 10.1. The van der Waals surface area contributed by atoms with Gasteiger partial charge >= 0.3 is 0 Å². The molecule has 108 valence electrons. The van der Waals surface area contributed by atoms with E-state index in [4.69, 9.17) is 9.47 Å². The lowest BCUT2D eigenvalue weighted by Gasteiger charge is -2.03. The number of hydrogen-bond donors (Lipinski definition) is 2. The van der Waals surface area contributed by atoms with E-state index >= 15 is 0 Å². The fourth-order valence-corrected chi connectivity index (χ4v) is 1.96. The summed E-state index contributed by atoms with van der Waals surface area (Å²) in [5.41, 5.74) is 2.59. The number of rotatable bonds is 4. The predicted molar refractivity (Wildman–Crippen MR) is 70.8 cm³/mol. The lowest BCUT2D eigenvalue weighted by Crippen LogP contribution is -2.19. The molecule has 0 bridgehead atoms. The van der Waals surface area contributed by atoms with Gasteiger partial charge in [0.15, 0.2) is 16.5 Å². The third kappa shape index (κ3) is 2.76. The molecule has 0 atom stereocenters. The molecule has 1 aromatic heterocycles. The molecular weight excluding hydrogens is 280 g/mol. The van der Waals surface area contributed by atoms with Gasteiger partial charge in [0.1, 0.15) is 0 Å². The highest BCUT2D eigenvalue weighted by atomic mass is 16.7. The average molecular weight is 290 g/mol. The summed E-state index contributed by atoms with van der Waals surface area (Å²) in [6.45, 7) is 0.183. The number of aromatic nitrogens is 2. The van der Waals surface area contributed by atoms with Gasteiger partial charge in [0.25, 0.3) is 11.5 Å². The van der Waals surface area contributed by atoms with Gasteiger partial charge in [-0.1, -0.05) is 11.5 Å². The van der Waals surface area contributed by atoms with Crippen molar-refractivity contribution >= 4 is 5.95 Å². The average Bonchev–Trinajstić information content (AvgIpc) is 2.88. The Balaban J connectivity index is 1.82. The summed E-state index contributed by atoms with van der Waals surface area (Å²) < 4.78 is 10.5. The third-order valence-electron chi connectivity index (χ3n) is 2.90. The molecule has 0 spiro atoms. The molecular formula is C12H10N4O5. The van der Waals surface area contributed by atoms with Crippen LogP contribution in [-0.4, -0.2) is 21.8 Å². The first-order chi connectivity index (χ1) is 10.1. The van der Waals surface area contributed by atoms with Crippen molar-refractivity contribution < 1.29 is 14.5 Å². The Morgan fingerprint density at radius 1 is 1.38 bits per heavy atom. The molecule has 1 aliphatic rings. The molecule has 3 rings (SSSR count). The van der Waals surface area contributed by atoms with Crippen LogP contribution < -0.4 is 20.5 Å². The number of hydrazine groups is 1. The van der Waals surface area contributed by atoms with E-state index in [-0.39, 0.29) is 12.7 Å². The number of hydrogen-bond acceptors (Lipinski definition) is 6. The van der Waals surface area contributed by atoms with Crippen molar-refractivity contribution in [2.24, 2.45) is 0 Å². The SMILES string of the molecule is O=c1[nH]c(N[N+](=O)[O-])ncc1Cc1ccc2c(c1)OCO2. The highest BCUT2D eigenvalue weighted by Crippen LogP contribution is 2.32. The first-order valence-corrected chi connectivity index (χ1v) is 5.99. The molecule has 0 unspecified atom stereocenters. The van der Waals surface area contributed by atoms with Crippen LogP contribution in [0.1, 0.15) is 11.1 Å². The second kappa shape index (κ2) is 5.12. The molecule has 2 N–H and O–H groups in total. The number of aromatic amines is 1. The van der Waals surface area contributed by atoms with Crippen LogP contribution in [0.5, 0.6) is 11.5 Å². The van der Waals surface area contributed by atoms with Crippen molar-refractivity contribution in [1.29, 1.82) is 0 Å². The summed E-state index contributed by atoms with van der Waals surface area (Å²) >= 11 is 0. The van der Waals surface area contributed by atoms with Gasteiger partial charge in [-0.15, -0.1) is 0 Å². The van der Waals surface area contributed by atoms with Crippen molar-refractivity contribution in [3.63, 3.8) is 0 Å². The molecule has 0 saturated carbocycles. The Morgan fingerprint density at radius 3 is 2.95 bits per heavy atom. The van der Waals surface area contributed by atoms with E-state index in [1.54, 1.807) is 17.6 Å². The third-order valence-corrected chi connectivity index (χ3v) is 2.90. The topological polar surface area (TPSA) is 119 Å². The van der Waals surface area contributed by atoms with E-state index in [0.29, 0.717) is 23.5 Å². The van der Waals surface area contributed by atoms with Gasteiger partial charge in [0.2, 0.25) is 6.79 Å². The van der Waals surface area contributed by atoms with Gasteiger partial charge in [-0.25, -0.2) is 15.1 Å². The zero-order chi connectivity index (χ0) is 14.8. The Hall–Kier alpha value is -3.10. The molecule has 0 aliphatic carbocycles. The van der Waals surface area contributed by atoms with Crippen LogP contribution in [0.4, 0.5) is 5.95 Å². The number of ether oxygens (including phenoxy) is 2. The van der Waals surface area contributed by atoms with Gasteiger partial charge in [0.05, 0.1) is 0 Å². The minimum absolute atomic E-state index is 0.183. The maximum absolute atomic E-state index is 11.8. The molecule has 0 radical (unpaired) electrons. The van der Waals surface area contributed by atoms with E-state index in [0.717, 1.165) is 5.56 Å². The van der Waals surface area contributed by atoms with E-state index in [1.807, 2.05) is 6.07 Å². The quantitative estimate of drug-likeness (QED) is 0.628. The number of fused-ring (bicyclic) bond motifs is 1. The van der Waals surface area contributed by atoms with Crippen LogP contribution in [0.25, 0.3) is 0 Å². The summed E-state index contributed by atoms with van der Waals surface area (Å²) in [7, 11) is 0. The normalized spacial score (nSPS) is 12.2. The number of benzene rings is 1. The first-order valence-electron chi connectivity index (χ1n) is 5.99. The molecule has 0 fully saturated rings. The molecule has 9 heteroatoms.